The molecule has 0 atom stereocenters. The van der Waals surface area contributed by atoms with Gasteiger partial charge < -0.3 is 19.5 Å². The maximum absolute atomic E-state index is 15.0. The minimum absolute atomic E-state index is 0.111. The summed E-state index contributed by atoms with van der Waals surface area (Å²) in [6.45, 7) is 11.6. The number of fused-ring (bicyclic) bond motifs is 1. The number of piperidine rings is 1. The summed E-state index contributed by atoms with van der Waals surface area (Å²) < 4.78 is 28.0. The van der Waals surface area contributed by atoms with Gasteiger partial charge >= 0.3 is 5.97 Å². The Hall–Kier alpha value is -4.17. The van der Waals surface area contributed by atoms with Crippen molar-refractivity contribution >= 4 is 17.2 Å². The predicted molar refractivity (Wildman–Crippen MR) is 159 cm³/mol. The summed E-state index contributed by atoms with van der Waals surface area (Å²) in [7, 11) is 1.40. The number of carbonyl (C=O) groups is 1. The molecule has 1 aliphatic heterocycles. The van der Waals surface area contributed by atoms with Gasteiger partial charge in [0, 0.05) is 24.8 Å². The Balaban J connectivity index is 1.59. The maximum Gasteiger partial charge on any atom is 0.310 e. The lowest BCUT2D eigenvalue weighted by atomic mass is 9.92. The maximum atomic E-state index is 15.0. The lowest BCUT2D eigenvalue weighted by Gasteiger charge is -2.41. The van der Waals surface area contributed by atoms with E-state index >= 15 is 4.39 Å². The number of methoxy groups -OCH3 is 1. The third-order valence-electron chi connectivity index (χ3n) is 8.05. The van der Waals surface area contributed by atoms with Crippen LogP contribution in [0.3, 0.4) is 0 Å². The number of rotatable bonds is 8. The number of pyridine rings is 1. The number of esters is 1. The number of hydrogen-bond donors (Lipinski definition) is 1. The van der Waals surface area contributed by atoms with Gasteiger partial charge in [-0.3, -0.25) is 4.79 Å². The van der Waals surface area contributed by atoms with Gasteiger partial charge in [-0.05, 0) is 74.1 Å². The van der Waals surface area contributed by atoms with Crippen LogP contribution in [0.5, 0.6) is 5.75 Å². The van der Waals surface area contributed by atoms with E-state index in [4.69, 9.17) is 14.6 Å². The van der Waals surface area contributed by atoms with Crippen LogP contribution in [0.15, 0.2) is 61.3 Å². The molecule has 1 fully saturated rings. The summed E-state index contributed by atoms with van der Waals surface area (Å²) in [6.07, 6.45) is 5.50. The molecule has 0 amide bonds. The molecule has 0 bridgehead atoms. The van der Waals surface area contributed by atoms with Crippen LogP contribution < -0.4 is 4.90 Å². The van der Waals surface area contributed by atoms with Crippen molar-refractivity contribution in [2.45, 2.75) is 45.6 Å². The number of aromatic hydroxyl groups is 1. The predicted octanol–water partition coefficient (Wildman–Crippen LogP) is 6.41. The van der Waals surface area contributed by atoms with Gasteiger partial charge in [-0.25, -0.2) is 8.91 Å². The quantitative estimate of drug-likeness (QED) is 0.199. The number of halogens is 1. The van der Waals surface area contributed by atoms with Gasteiger partial charge in [0.1, 0.15) is 11.6 Å². The molecule has 2 aromatic carbocycles. The summed E-state index contributed by atoms with van der Waals surface area (Å²) >= 11 is 0. The molecule has 4 aromatic rings. The fraction of sp³-hybridized carbons (Fsp3) is 0.333. The van der Waals surface area contributed by atoms with Crippen molar-refractivity contribution in [2.75, 3.05) is 31.7 Å². The van der Waals surface area contributed by atoms with Gasteiger partial charge in [-0.1, -0.05) is 30.3 Å². The number of nitrogens with zero attached hydrogens (tertiary/aromatic N) is 3. The Bertz CT molecular complexity index is 1620. The fourth-order valence-corrected chi connectivity index (χ4v) is 5.59. The van der Waals surface area contributed by atoms with Crippen LogP contribution in [0.2, 0.25) is 0 Å². The molecule has 0 radical (unpaired) electrons. The zero-order valence-electron chi connectivity index (χ0n) is 24.0. The highest BCUT2D eigenvalue weighted by atomic mass is 19.1. The van der Waals surface area contributed by atoms with E-state index in [1.807, 2.05) is 41.9 Å². The van der Waals surface area contributed by atoms with E-state index in [0.29, 0.717) is 23.4 Å². The van der Waals surface area contributed by atoms with Gasteiger partial charge in [0.2, 0.25) is 0 Å². The molecule has 1 saturated heterocycles. The van der Waals surface area contributed by atoms with Crippen LogP contribution in [0.25, 0.3) is 27.9 Å². The van der Waals surface area contributed by atoms with Crippen LogP contribution in [-0.4, -0.2) is 53.1 Å². The van der Waals surface area contributed by atoms with E-state index in [-0.39, 0.29) is 29.3 Å². The third-order valence-corrected chi connectivity index (χ3v) is 8.05. The summed E-state index contributed by atoms with van der Waals surface area (Å²) in [6, 6.07) is 12.4. The SMILES string of the molecule is C=CCOC1(C)CCN(c2c(CC(=O)OC)c(C)cn3nc(-c4cccc(-c5c(O)ccc(C)c5F)c4)cc23)CC1. The monoisotopic (exact) mass is 557 g/mol. The number of carbonyl (C=O) groups excluding carboxylic acids is 1. The highest BCUT2D eigenvalue weighted by Gasteiger charge is 2.33. The zero-order valence-corrected chi connectivity index (χ0v) is 24.0. The van der Waals surface area contributed by atoms with Crippen LogP contribution in [-0.2, 0) is 20.7 Å². The standard InChI is InChI=1S/C33H36FN3O4/c1-6-16-41-33(4)12-14-36(15-13-33)32-25(18-29(39)40-5)22(3)20-37-27(32)19-26(35-37)23-8-7-9-24(17-23)30-28(38)11-10-21(2)31(30)34/h6-11,17,19-20,38H,1,12-16,18H2,2-5H3. The van der Waals surface area contributed by atoms with Crippen LogP contribution >= 0.6 is 0 Å². The number of anilines is 1. The molecule has 0 spiro atoms. The number of aromatic nitrogens is 2. The van der Waals surface area contributed by atoms with Gasteiger partial charge in [0.05, 0.1) is 48.2 Å². The van der Waals surface area contributed by atoms with E-state index in [0.717, 1.165) is 53.8 Å². The van der Waals surface area contributed by atoms with Crippen LogP contribution in [0, 0.1) is 19.7 Å². The average Bonchev–Trinajstić information content (AvgIpc) is 3.39. The van der Waals surface area contributed by atoms with Gasteiger partial charge in [0.15, 0.2) is 0 Å². The number of benzene rings is 2. The van der Waals surface area contributed by atoms with Crippen molar-refractivity contribution in [3.05, 3.63) is 83.8 Å². The molecule has 0 aliphatic carbocycles. The Morgan fingerprint density at radius 1 is 1.15 bits per heavy atom. The van der Waals surface area contributed by atoms with Crippen molar-refractivity contribution in [3.8, 4) is 28.1 Å². The molecule has 0 saturated carbocycles. The van der Waals surface area contributed by atoms with Gasteiger partial charge in [0.25, 0.3) is 0 Å². The highest BCUT2D eigenvalue weighted by Crippen LogP contribution is 2.38. The summed E-state index contributed by atoms with van der Waals surface area (Å²) in [5, 5.41) is 15.3. The van der Waals surface area contributed by atoms with Crippen LogP contribution in [0.1, 0.15) is 36.5 Å². The molecule has 8 heteroatoms. The Morgan fingerprint density at radius 3 is 2.59 bits per heavy atom. The first-order chi connectivity index (χ1) is 19.6. The minimum atomic E-state index is -0.448. The zero-order chi connectivity index (χ0) is 29.3. The first kappa shape index (κ1) is 28.4. The van der Waals surface area contributed by atoms with E-state index in [9.17, 15) is 9.90 Å². The Morgan fingerprint density at radius 2 is 1.88 bits per heavy atom. The van der Waals surface area contributed by atoms with E-state index < -0.39 is 5.82 Å². The van der Waals surface area contributed by atoms with Crippen molar-refractivity contribution in [1.29, 1.82) is 0 Å². The normalized spacial score (nSPS) is 14.8. The second-order valence-corrected chi connectivity index (χ2v) is 11.0. The van der Waals surface area contributed by atoms with Crippen molar-refractivity contribution in [2.24, 2.45) is 0 Å². The first-order valence-corrected chi connectivity index (χ1v) is 13.8. The first-order valence-electron chi connectivity index (χ1n) is 13.8. The van der Waals surface area contributed by atoms with Gasteiger partial charge in [-0.2, -0.15) is 5.10 Å². The average molecular weight is 558 g/mol. The summed E-state index contributed by atoms with van der Waals surface area (Å²) in [5.74, 6) is -0.862. The number of ether oxygens (including phenoxy) is 2. The molecule has 5 rings (SSSR count). The number of phenolic OH excluding ortho intramolecular Hbond substituents is 1. The van der Waals surface area contributed by atoms with E-state index in [1.165, 1.54) is 13.2 Å². The number of hydrogen-bond acceptors (Lipinski definition) is 6. The molecule has 2 aromatic heterocycles. The van der Waals surface area contributed by atoms with Crippen LogP contribution in [0.4, 0.5) is 10.1 Å². The molecular weight excluding hydrogens is 521 g/mol. The molecular formula is C33H36FN3O4. The van der Waals surface area contributed by atoms with Crippen molar-refractivity contribution in [3.63, 3.8) is 0 Å². The Labute approximate surface area is 239 Å². The Kier molecular flexibility index (Phi) is 7.87. The third kappa shape index (κ3) is 5.57. The second kappa shape index (κ2) is 11.4. The van der Waals surface area contributed by atoms with Gasteiger partial charge in [-0.15, -0.1) is 6.58 Å². The topological polar surface area (TPSA) is 76.3 Å². The number of aryl methyl sites for hydroxylation is 2. The smallest absolute Gasteiger partial charge is 0.310 e. The van der Waals surface area contributed by atoms with Crippen molar-refractivity contribution < 1.29 is 23.8 Å². The highest BCUT2D eigenvalue weighted by molar-refractivity contribution is 5.86. The molecule has 1 aliphatic rings. The second-order valence-electron chi connectivity index (χ2n) is 11.0. The summed E-state index contributed by atoms with van der Waals surface area (Å²) in [4.78, 5) is 14.8. The fourth-order valence-electron chi connectivity index (χ4n) is 5.59. The lowest BCUT2D eigenvalue weighted by Crippen LogP contribution is -2.45. The minimum Gasteiger partial charge on any atom is -0.507 e. The molecule has 214 valence electrons. The van der Waals surface area contributed by atoms with Crippen molar-refractivity contribution in [1.82, 2.24) is 9.61 Å². The number of phenols is 1. The molecule has 3 heterocycles. The molecule has 41 heavy (non-hydrogen) atoms. The molecule has 1 N–H and O–H groups in total. The largest absolute Gasteiger partial charge is 0.507 e. The lowest BCUT2D eigenvalue weighted by molar-refractivity contribution is -0.139. The van der Waals surface area contributed by atoms with E-state index in [1.54, 1.807) is 25.1 Å². The summed E-state index contributed by atoms with van der Waals surface area (Å²) in [5.41, 5.74) is 6.11. The molecule has 7 nitrogen and oxygen atoms in total. The molecule has 0 unspecified atom stereocenters. The van der Waals surface area contributed by atoms with E-state index in [2.05, 4.69) is 18.4 Å².